The van der Waals surface area contributed by atoms with Crippen molar-refractivity contribution in [2.75, 3.05) is 39.9 Å². The zero-order chi connectivity index (χ0) is 19.2. The van der Waals surface area contributed by atoms with E-state index in [1.807, 2.05) is 6.92 Å². The highest BCUT2D eigenvalue weighted by Crippen LogP contribution is 2.36. The van der Waals surface area contributed by atoms with Gasteiger partial charge in [-0.25, -0.2) is 0 Å². The molecule has 28 heavy (non-hydrogen) atoms. The van der Waals surface area contributed by atoms with Crippen LogP contribution >= 0.6 is 40.7 Å². The average Bonchev–Trinajstić information content (AvgIpc) is 2.63. The Hall–Kier alpha value is -0.200. The second-order valence-corrected chi connectivity index (χ2v) is 7.48. The predicted octanol–water partition coefficient (Wildman–Crippen LogP) is 6.08. The maximum absolute atomic E-state index is 5.69. The summed E-state index contributed by atoms with van der Waals surface area (Å²) in [5.41, 5.74) is 1.20. The average molecular weight is 502 g/mol. The first-order valence-electron chi connectivity index (χ1n) is 10.1. The van der Waals surface area contributed by atoms with Crippen molar-refractivity contribution < 1.29 is 9.47 Å². The molecule has 0 aliphatic carbocycles. The Bertz CT molecular complexity index is 500. The van der Waals surface area contributed by atoms with E-state index in [1.54, 1.807) is 7.11 Å². The topological polar surface area (TPSA) is 33.7 Å². The number of ether oxygens (including phenoxy) is 2. The number of hydrogen-bond donors (Lipinski definition) is 1. The summed E-state index contributed by atoms with van der Waals surface area (Å²) >= 11 is 3.58. The molecule has 0 spiro atoms. The van der Waals surface area contributed by atoms with Gasteiger partial charge in [0.05, 0.1) is 18.2 Å². The summed E-state index contributed by atoms with van der Waals surface area (Å²) < 4.78 is 12.1. The lowest BCUT2D eigenvalue weighted by Crippen LogP contribution is -2.29. The van der Waals surface area contributed by atoms with Crippen LogP contribution in [0.15, 0.2) is 16.6 Å². The molecule has 7 heteroatoms. The zero-order valence-corrected chi connectivity index (χ0v) is 21.1. The molecule has 0 atom stereocenters. The minimum Gasteiger partial charge on any atom is -0.492 e. The number of hydrogen-bond acceptors (Lipinski definition) is 4. The number of methoxy groups -OCH3 is 1. The van der Waals surface area contributed by atoms with Crippen LogP contribution in [0, 0.1) is 0 Å². The molecule has 0 saturated heterocycles. The lowest BCUT2D eigenvalue weighted by Gasteiger charge is -2.22. The molecule has 1 aromatic rings. The summed E-state index contributed by atoms with van der Waals surface area (Å²) in [5, 5.41) is 3.56. The van der Waals surface area contributed by atoms with Gasteiger partial charge in [0.2, 0.25) is 0 Å². The van der Waals surface area contributed by atoms with Crippen LogP contribution in [-0.4, -0.2) is 44.8 Å². The summed E-state index contributed by atoms with van der Waals surface area (Å²) in [6.45, 7) is 12.7. The van der Waals surface area contributed by atoms with Gasteiger partial charge >= 0.3 is 0 Å². The maximum Gasteiger partial charge on any atom is 0.174 e. The van der Waals surface area contributed by atoms with E-state index >= 15 is 0 Å². The number of halogens is 3. The van der Waals surface area contributed by atoms with E-state index in [-0.39, 0.29) is 24.8 Å². The van der Waals surface area contributed by atoms with Gasteiger partial charge in [-0.05, 0) is 86.0 Å². The molecule has 1 N–H and O–H groups in total. The molecule has 0 aromatic heterocycles. The molecular weight excluding hydrogens is 463 g/mol. The molecule has 0 aliphatic heterocycles. The van der Waals surface area contributed by atoms with Crippen LogP contribution in [0.3, 0.4) is 0 Å². The summed E-state index contributed by atoms with van der Waals surface area (Å²) in [6, 6.07) is 4.16. The van der Waals surface area contributed by atoms with Crippen molar-refractivity contribution in [2.24, 2.45) is 0 Å². The lowest BCUT2D eigenvalue weighted by atomic mass is 10.2. The fourth-order valence-electron chi connectivity index (χ4n) is 2.94. The Labute approximate surface area is 193 Å². The van der Waals surface area contributed by atoms with Crippen LogP contribution in [0.4, 0.5) is 0 Å². The van der Waals surface area contributed by atoms with E-state index in [1.165, 1.54) is 57.3 Å². The number of nitrogens with one attached hydrogen (secondary N) is 1. The third-order valence-electron chi connectivity index (χ3n) is 4.39. The first-order chi connectivity index (χ1) is 12.7. The van der Waals surface area contributed by atoms with Crippen LogP contribution in [0.5, 0.6) is 11.5 Å². The molecule has 0 saturated carbocycles. The van der Waals surface area contributed by atoms with Crippen molar-refractivity contribution in [3.05, 3.63) is 22.2 Å². The summed E-state index contributed by atoms with van der Waals surface area (Å²) in [4.78, 5) is 2.62. The van der Waals surface area contributed by atoms with E-state index < -0.39 is 0 Å². The molecule has 0 heterocycles. The van der Waals surface area contributed by atoms with Crippen molar-refractivity contribution >= 4 is 40.7 Å². The number of unbranched alkanes of at least 4 members (excludes halogenated alkanes) is 2. The molecule has 1 aromatic carbocycles. The van der Waals surface area contributed by atoms with Crippen molar-refractivity contribution in [2.45, 2.75) is 59.4 Å². The molecule has 166 valence electrons. The van der Waals surface area contributed by atoms with Gasteiger partial charge in [0, 0.05) is 6.54 Å². The van der Waals surface area contributed by atoms with Gasteiger partial charge in [-0.15, -0.1) is 24.8 Å². The Balaban J connectivity index is 0. The van der Waals surface area contributed by atoms with E-state index in [0.29, 0.717) is 6.61 Å². The van der Waals surface area contributed by atoms with Crippen LogP contribution in [0.1, 0.15) is 58.4 Å². The summed E-state index contributed by atoms with van der Waals surface area (Å²) in [6.07, 6.45) is 6.34. The molecule has 0 unspecified atom stereocenters. The molecule has 0 radical (unpaired) electrons. The van der Waals surface area contributed by atoms with Crippen LogP contribution in [0.2, 0.25) is 0 Å². The monoisotopic (exact) mass is 500 g/mol. The van der Waals surface area contributed by atoms with Gasteiger partial charge in [0.15, 0.2) is 11.5 Å². The first-order valence-corrected chi connectivity index (χ1v) is 10.9. The van der Waals surface area contributed by atoms with Gasteiger partial charge in [-0.3, -0.25) is 0 Å². The minimum absolute atomic E-state index is 0. The largest absolute Gasteiger partial charge is 0.492 e. The molecule has 0 amide bonds. The molecule has 1 rings (SSSR count). The summed E-state index contributed by atoms with van der Waals surface area (Å²) in [5.74, 6) is 1.56. The van der Waals surface area contributed by atoms with Gasteiger partial charge in [0.1, 0.15) is 0 Å². The van der Waals surface area contributed by atoms with Crippen molar-refractivity contribution in [3.8, 4) is 11.5 Å². The smallest absolute Gasteiger partial charge is 0.174 e. The van der Waals surface area contributed by atoms with Gasteiger partial charge in [0.25, 0.3) is 0 Å². The lowest BCUT2D eigenvalue weighted by molar-refractivity contribution is 0.261. The van der Waals surface area contributed by atoms with E-state index in [9.17, 15) is 0 Å². The Morgan fingerprint density at radius 2 is 1.57 bits per heavy atom. The molecular formula is C21H39BrCl2N2O2. The summed E-state index contributed by atoms with van der Waals surface area (Å²) in [7, 11) is 1.67. The fraction of sp³-hybridized carbons (Fsp3) is 0.714. The Morgan fingerprint density at radius 3 is 2.11 bits per heavy atom. The fourth-order valence-corrected chi connectivity index (χ4v) is 3.60. The van der Waals surface area contributed by atoms with Crippen molar-refractivity contribution in [1.29, 1.82) is 0 Å². The quantitative estimate of drug-likeness (QED) is 0.295. The first kappa shape index (κ1) is 30.0. The van der Waals surface area contributed by atoms with Crippen molar-refractivity contribution in [1.82, 2.24) is 10.2 Å². The third kappa shape index (κ3) is 11.7. The Kier molecular flexibility index (Phi) is 20.1. The third-order valence-corrected chi connectivity index (χ3v) is 4.98. The zero-order valence-electron chi connectivity index (χ0n) is 17.9. The molecule has 0 fully saturated rings. The SMILES string of the molecule is CCCCN(CCCC)CCCNCc1cc(Br)c(OC)c(OCC)c1.Cl.Cl. The highest BCUT2D eigenvalue weighted by atomic mass is 79.9. The second-order valence-electron chi connectivity index (χ2n) is 6.62. The van der Waals surface area contributed by atoms with Gasteiger partial charge < -0.3 is 19.7 Å². The van der Waals surface area contributed by atoms with E-state index in [0.717, 1.165) is 29.1 Å². The van der Waals surface area contributed by atoms with Crippen LogP contribution < -0.4 is 14.8 Å². The highest BCUT2D eigenvalue weighted by Gasteiger charge is 2.11. The Morgan fingerprint density at radius 1 is 0.964 bits per heavy atom. The van der Waals surface area contributed by atoms with Gasteiger partial charge in [-0.1, -0.05) is 26.7 Å². The molecule has 0 aliphatic rings. The van der Waals surface area contributed by atoms with Gasteiger partial charge in [-0.2, -0.15) is 0 Å². The standard InChI is InChI=1S/C21H37BrN2O2.2ClH/c1-5-8-12-24(13-9-6-2)14-10-11-23-17-18-15-19(22)21(25-4)20(16-18)26-7-3;;/h15-16,23H,5-14,17H2,1-4H3;2*1H. The highest BCUT2D eigenvalue weighted by molar-refractivity contribution is 9.10. The van der Waals surface area contributed by atoms with Crippen LogP contribution in [-0.2, 0) is 6.54 Å². The number of nitrogens with zero attached hydrogens (tertiary/aromatic N) is 1. The molecule has 4 nitrogen and oxygen atoms in total. The number of rotatable bonds is 15. The normalized spacial score (nSPS) is 10.4. The minimum atomic E-state index is 0. The second kappa shape index (κ2) is 18.8. The number of benzene rings is 1. The van der Waals surface area contributed by atoms with Crippen molar-refractivity contribution in [3.63, 3.8) is 0 Å². The van der Waals surface area contributed by atoms with E-state index in [2.05, 4.69) is 52.1 Å². The molecule has 0 bridgehead atoms. The predicted molar refractivity (Wildman–Crippen MR) is 129 cm³/mol. The van der Waals surface area contributed by atoms with E-state index in [4.69, 9.17) is 9.47 Å². The maximum atomic E-state index is 5.69. The van der Waals surface area contributed by atoms with Crippen LogP contribution in [0.25, 0.3) is 0 Å².